The Kier molecular flexibility index (Phi) is 7.36. The number of amides is 1. The second kappa shape index (κ2) is 9.65. The van der Waals surface area contributed by atoms with Crippen molar-refractivity contribution in [1.29, 1.82) is 0 Å². The van der Waals surface area contributed by atoms with Gasteiger partial charge in [0.15, 0.2) is 0 Å². The summed E-state index contributed by atoms with van der Waals surface area (Å²) in [4.78, 5) is 13.4. The molecule has 1 heterocycles. The van der Waals surface area contributed by atoms with Crippen LogP contribution in [0, 0.1) is 5.82 Å². The van der Waals surface area contributed by atoms with Gasteiger partial charge >= 0.3 is 0 Å². The van der Waals surface area contributed by atoms with Crippen molar-refractivity contribution in [2.45, 2.75) is 37.0 Å². The van der Waals surface area contributed by atoms with Gasteiger partial charge in [-0.25, -0.2) is 12.8 Å². The number of rotatable bonds is 7. The van der Waals surface area contributed by atoms with E-state index in [-0.39, 0.29) is 21.6 Å². The molecular weight excluding hydrogens is 443 g/mol. The molecule has 0 atom stereocenters. The number of hydrogen-bond donors (Lipinski definition) is 1. The van der Waals surface area contributed by atoms with E-state index in [0.29, 0.717) is 50.4 Å². The molecule has 2 aromatic rings. The lowest BCUT2D eigenvalue weighted by atomic mass is 9.73. The Bertz CT molecular complexity index is 1030. The van der Waals surface area contributed by atoms with Gasteiger partial charge in [-0.1, -0.05) is 37.6 Å². The topological polar surface area (TPSA) is 75.7 Å². The zero-order valence-corrected chi connectivity index (χ0v) is 19.1. The molecule has 1 aliphatic heterocycles. The highest BCUT2D eigenvalue weighted by molar-refractivity contribution is 7.89. The molecule has 31 heavy (non-hydrogen) atoms. The Hall–Kier alpha value is -2.00. The van der Waals surface area contributed by atoms with Gasteiger partial charge in [-0.15, -0.1) is 0 Å². The molecule has 1 aliphatic rings. The standard InChI is InChI=1S/C22H26ClFN2O4S/c1-3-26(4-2)31(28,29)20-15-18(9-10-19(20)23)25-21(27)22(11-13-30-14-12-22)16-5-7-17(24)8-6-16/h5-10,15H,3-4,11-14H2,1-2H3,(H,25,27). The number of ether oxygens (including phenoxy) is 1. The number of benzene rings is 2. The summed E-state index contributed by atoms with van der Waals surface area (Å²) in [5.41, 5.74) is 0.122. The molecule has 9 heteroatoms. The lowest BCUT2D eigenvalue weighted by molar-refractivity contribution is -0.125. The SMILES string of the molecule is CCN(CC)S(=O)(=O)c1cc(NC(=O)C2(c3ccc(F)cc3)CCOCC2)ccc1Cl. The third-order valence-electron chi connectivity index (χ3n) is 5.69. The second-order valence-corrected chi connectivity index (χ2v) is 9.70. The number of carbonyl (C=O) groups is 1. The van der Waals surface area contributed by atoms with Crippen LogP contribution in [-0.4, -0.2) is 44.9 Å². The molecule has 0 aromatic heterocycles. The first kappa shape index (κ1) is 23.7. The van der Waals surface area contributed by atoms with Crippen LogP contribution in [0.3, 0.4) is 0 Å². The van der Waals surface area contributed by atoms with Crippen molar-refractivity contribution < 1.29 is 22.3 Å². The van der Waals surface area contributed by atoms with E-state index in [2.05, 4.69) is 5.32 Å². The summed E-state index contributed by atoms with van der Waals surface area (Å²) in [6.45, 7) is 4.90. The first-order chi connectivity index (χ1) is 14.7. The van der Waals surface area contributed by atoms with Gasteiger partial charge in [-0.05, 0) is 48.7 Å². The van der Waals surface area contributed by atoms with Crippen LogP contribution in [0.25, 0.3) is 0 Å². The van der Waals surface area contributed by atoms with E-state index in [4.69, 9.17) is 16.3 Å². The van der Waals surface area contributed by atoms with E-state index in [9.17, 15) is 17.6 Å². The Morgan fingerprint density at radius 2 is 1.74 bits per heavy atom. The highest BCUT2D eigenvalue weighted by atomic mass is 35.5. The minimum atomic E-state index is -3.80. The van der Waals surface area contributed by atoms with Crippen molar-refractivity contribution in [3.63, 3.8) is 0 Å². The number of halogens is 2. The molecule has 0 aliphatic carbocycles. The van der Waals surface area contributed by atoms with Crippen LogP contribution < -0.4 is 5.32 Å². The Morgan fingerprint density at radius 1 is 1.13 bits per heavy atom. The van der Waals surface area contributed by atoms with Crippen molar-refractivity contribution in [1.82, 2.24) is 4.31 Å². The van der Waals surface area contributed by atoms with E-state index in [1.807, 2.05) is 0 Å². The van der Waals surface area contributed by atoms with Crippen LogP contribution in [0.15, 0.2) is 47.4 Å². The molecule has 168 valence electrons. The molecule has 1 N–H and O–H groups in total. The summed E-state index contributed by atoms with van der Waals surface area (Å²) in [7, 11) is -3.80. The average molecular weight is 469 g/mol. The number of anilines is 1. The van der Waals surface area contributed by atoms with Gasteiger partial charge in [0.05, 0.1) is 10.4 Å². The predicted molar refractivity (Wildman–Crippen MR) is 118 cm³/mol. The maximum absolute atomic E-state index is 13.4. The molecule has 2 aromatic carbocycles. The van der Waals surface area contributed by atoms with E-state index in [0.717, 1.165) is 0 Å². The monoisotopic (exact) mass is 468 g/mol. The third-order valence-corrected chi connectivity index (χ3v) is 8.22. The maximum Gasteiger partial charge on any atom is 0.244 e. The van der Waals surface area contributed by atoms with E-state index in [1.165, 1.54) is 28.6 Å². The minimum Gasteiger partial charge on any atom is -0.381 e. The Labute approximate surface area is 187 Å². The summed E-state index contributed by atoms with van der Waals surface area (Å²) in [5.74, 6) is -0.675. The normalized spacial score (nSPS) is 16.3. The summed E-state index contributed by atoms with van der Waals surface area (Å²) in [6, 6.07) is 10.3. The van der Waals surface area contributed by atoms with Gasteiger partial charge in [-0.3, -0.25) is 4.79 Å². The van der Waals surface area contributed by atoms with Gasteiger partial charge in [0, 0.05) is 32.0 Å². The molecule has 0 saturated carbocycles. The fourth-order valence-electron chi connectivity index (χ4n) is 3.87. The fraction of sp³-hybridized carbons (Fsp3) is 0.409. The van der Waals surface area contributed by atoms with Crippen LogP contribution >= 0.6 is 11.6 Å². The number of nitrogens with one attached hydrogen (secondary N) is 1. The lowest BCUT2D eigenvalue weighted by Crippen LogP contribution is -2.44. The molecule has 0 radical (unpaired) electrons. The molecule has 0 unspecified atom stereocenters. The highest BCUT2D eigenvalue weighted by Gasteiger charge is 2.42. The molecule has 1 amide bonds. The molecule has 1 saturated heterocycles. The zero-order chi connectivity index (χ0) is 22.6. The van der Waals surface area contributed by atoms with Gasteiger partial charge < -0.3 is 10.1 Å². The van der Waals surface area contributed by atoms with Crippen molar-refractivity contribution >= 4 is 33.2 Å². The zero-order valence-electron chi connectivity index (χ0n) is 17.5. The Balaban J connectivity index is 1.95. The van der Waals surface area contributed by atoms with E-state index < -0.39 is 15.4 Å². The quantitative estimate of drug-likeness (QED) is 0.660. The summed E-state index contributed by atoms with van der Waals surface area (Å²) in [5, 5.41) is 2.94. The maximum atomic E-state index is 13.4. The van der Waals surface area contributed by atoms with Crippen LogP contribution in [-0.2, 0) is 25.0 Å². The van der Waals surface area contributed by atoms with Crippen molar-refractivity contribution in [3.05, 3.63) is 58.9 Å². The first-order valence-electron chi connectivity index (χ1n) is 10.2. The van der Waals surface area contributed by atoms with Gasteiger partial charge in [-0.2, -0.15) is 4.31 Å². The second-order valence-electron chi connectivity index (χ2n) is 7.39. The summed E-state index contributed by atoms with van der Waals surface area (Å²) < 4.78 is 46.1. The molecule has 0 spiro atoms. The largest absolute Gasteiger partial charge is 0.381 e. The summed E-state index contributed by atoms with van der Waals surface area (Å²) in [6.07, 6.45) is 0.866. The molecule has 1 fully saturated rings. The highest BCUT2D eigenvalue weighted by Crippen LogP contribution is 2.37. The van der Waals surface area contributed by atoms with Gasteiger partial charge in [0.2, 0.25) is 15.9 Å². The summed E-state index contributed by atoms with van der Waals surface area (Å²) >= 11 is 6.19. The van der Waals surface area contributed by atoms with E-state index in [1.54, 1.807) is 32.0 Å². The van der Waals surface area contributed by atoms with Crippen LogP contribution in [0.1, 0.15) is 32.3 Å². The Morgan fingerprint density at radius 3 is 2.32 bits per heavy atom. The first-order valence-corrected chi connectivity index (χ1v) is 12.0. The van der Waals surface area contributed by atoms with Crippen LogP contribution in [0.2, 0.25) is 5.02 Å². The predicted octanol–water partition coefficient (Wildman–Crippen LogP) is 4.20. The number of sulfonamides is 1. The molecule has 6 nitrogen and oxygen atoms in total. The molecule has 0 bridgehead atoms. The van der Waals surface area contributed by atoms with Crippen LogP contribution in [0.4, 0.5) is 10.1 Å². The number of hydrogen-bond acceptors (Lipinski definition) is 4. The minimum absolute atomic E-state index is 0.0570. The van der Waals surface area contributed by atoms with Gasteiger partial charge in [0.1, 0.15) is 10.7 Å². The van der Waals surface area contributed by atoms with Crippen molar-refractivity contribution in [2.24, 2.45) is 0 Å². The number of carbonyl (C=O) groups excluding carboxylic acids is 1. The van der Waals surface area contributed by atoms with Gasteiger partial charge in [0.25, 0.3) is 0 Å². The molecule has 3 rings (SSSR count). The van der Waals surface area contributed by atoms with E-state index >= 15 is 0 Å². The van der Waals surface area contributed by atoms with Crippen molar-refractivity contribution in [3.8, 4) is 0 Å². The smallest absolute Gasteiger partial charge is 0.244 e. The lowest BCUT2D eigenvalue weighted by Gasteiger charge is -2.36. The third kappa shape index (κ3) is 4.77. The van der Waals surface area contributed by atoms with Crippen LogP contribution in [0.5, 0.6) is 0 Å². The van der Waals surface area contributed by atoms with Crippen molar-refractivity contribution in [2.75, 3.05) is 31.6 Å². The number of nitrogens with zero attached hydrogens (tertiary/aromatic N) is 1. The fourth-order valence-corrected chi connectivity index (χ4v) is 5.83. The average Bonchev–Trinajstić information content (AvgIpc) is 2.76. The molecular formula is C22H26ClFN2O4S.